The van der Waals surface area contributed by atoms with E-state index >= 15 is 0 Å². The second-order valence-electron chi connectivity index (χ2n) is 8.09. The van der Waals surface area contributed by atoms with E-state index in [1.54, 1.807) is 6.92 Å². The molecular formula is C20H24FN5O4S. The number of rotatable bonds is 3. The van der Waals surface area contributed by atoms with Gasteiger partial charge >= 0.3 is 0 Å². The Morgan fingerprint density at radius 1 is 1.26 bits per heavy atom. The molecule has 0 aliphatic carbocycles. The van der Waals surface area contributed by atoms with Crippen molar-refractivity contribution in [1.29, 1.82) is 0 Å². The van der Waals surface area contributed by atoms with Crippen LogP contribution in [0.5, 0.6) is 5.75 Å². The molecule has 0 unspecified atom stereocenters. The van der Waals surface area contributed by atoms with Gasteiger partial charge in [-0.3, -0.25) is 9.79 Å². The zero-order valence-corrected chi connectivity index (χ0v) is 18.4. The van der Waals surface area contributed by atoms with Crippen LogP contribution in [0.15, 0.2) is 41.5 Å². The predicted molar refractivity (Wildman–Crippen MR) is 115 cm³/mol. The molecule has 4 N–H and O–H groups in total. The van der Waals surface area contributed by atoms with E-state index in [2.05, 4.69) is 15.3 Å². The molecule has 0 spiro atoms. The normalized spacial score (nSPS) is 22.9. The van der Waals surface area contributed by atoms with Crippen molar-refractivity contribution in [3.05, 3.63) is 53.6 Å². The number of carbonyl (C=O) groups is 1. The number of aliphatic imine (C=N–C) groups is 1. The summed E-state index contributed by atoms with van der Waals surface area (Å²) in [6.45, 7) is 4.33. The van der Waals surface area contributed by atoms with E-state index in [-0.39, 0.29) is 35.1 Å². The van der Waals surface area contributed by atoms with Crippen LogP contribution in [0.2, 0.25) is 0 Å². The van der Waals surface area contributed by atoms with E-state index in [0.29, 0.717) is 0 Å². The first kappa shape index (κ1) is 22.6. The molecule has 3 rings (SSSR count). The number of likely N-dealkylation sites (N-methyl/N-ethyl adjacent to an activating group) is 1. The quantitative estimate of drug-likeness (QED) is 0.653. The summed E-state index contributed by atoms with van der Waals surface area (Å²) in [5.74, 6) is -1.40. The first-order valence-electron chi connectivity index (χ1n) is 9.36. The van der Waals surface area contributed by atoms with Crippen LogP contribution in [-0.4, -0.2) is 52.9 Å². The largest absolute Gasteiger partial charge is 0.506 e. The maximum Gasteiger partial charge on any atom is 0.274 e. The van der Waals surface area contributed by atoms with Gasteiger partial charge in [-0.1, -0.05) is 0 Å². The maximum absolute atomic E-state index is 14.8. The molecule has 0 saturated carbocycles. The lowest BCUT2D eigenvalue weighted by molar-refractivity contribution is 0.102. The van der Waals surface area contributed by atoms with Crippen molar-refractivity contribution in [3.63, 3.8) is 0 Å². The van der Waals surface area contributed by atoms with Crippen LogP contribution >= 0.6 is 0 Å². The standard InChI is InChI=1S/C20H24FN5O4S/c1-19(2)18(22)25-20(3,11-26(4)31(19,29)30)14-9-12(5-7-15(14)21)24-17(28)16-8-6-13(27)10-23-16/h5-10,27H,11H2,1-4H3,(H2,22,25)(H,24,28)/t20-/m0/s1. The van der Waals surface area contributed by atoms with Crippen molar-refractivity contribution in [2.24, 2.45) is 10.7 Å². The molecule has 9 nitrogen and oxygen atoms in total. The summed E-state index contributed by atoms with van der Waals surface area (Å²) in [5, 5.41) is 11.9. The Hall–Kier alpha value is -3.05. The van der Waals surface area contributed by atoms with Gasteiger partial charge in [0.15, 0.2) is 0 Å². The molecule has 0 radical (unpaired) electrons. The zero-order valence-electron chi connectivity index (χ0n) is 17.5. The summed E-state index contributed by atoms with van der Waals surface area (Å²) in [6, 6.07) is 6.59. The number of amides is 1. The van der Waals surface area contributed by atoms with Gasteiger partial charge in [-0.25, -0.2) is 22.1 Å². The smallest absolute Gasteiger partial charge is 0.274 e. The molecule has 1 atom stereocenters. The van der Waals surface area contributed by atoms with Crippen LogP contribution in [0.1, 0.15) is 36.8 Å². The predicted octanol–water partition coefficient (Wildman–Crippen LogP) is 1.80. The number of hydrogen-bond acceptors (Lipinski definition) is 7. The molecule has 0 saturated heterocycles. The highest BCUT2D eigenvalue weighted by Gasteiger charge is 2.48. The van der Waals surface area contributed by atoms with Gasteiger partial charge in [0.25, 0.3) is 5.91 Å². The van der Waals surface area contributed by atoms with Gasteiger partial charge in [0.2, 0.25) is 10.0 Å². The first-order valence-corrected chi connectivity index (χ1v) is 10.8. The number of anilines is 1. The Balaban J connectivity index is 2.02. The Morgan fingerprint density at radius 3 is 2.55 bits per heavy atom. The number of aromatic nitrogens is 1. The highest BCUT2D eigenvalue weighted by atomic mass is 32.2. The van der Waals surface area contributed by atoms with E-state index in [1.807, 2.05) is 0 Å². The summed E-state index contributed by atoms with van der Waals surface area (Å²) in [5.41, 5.74) is 5.11. The topological polar surface area (TPSA) is 138 Å². The third-order valence-electron chi connectivity index (χ3n) is 5.35. The molecule has 0 fully saturated rings. The third kappa shape index (κ3) is 3.98. The van der Waals surface area contributed by atoms with Gasteiger partial charge in [0, 0.05) is 24.8 Å². The minimum absolute atomic E-state index is 0.0548. The van der Waals surface area contributed by atoms with Gasteiger partial charge in [0.05, 0.1) is 6.20 Å². The van der Waals surface area contributed by atoms with Gasteiger partial charge in [-0.15, -0.1) is 0 Å². The molecule has 2 aromatic rings. The number of benzene rings is 1. The van der Waals surface area contributed by atoms with Crippen LogP contribution in [0.4, 0.5) is 10.1 Å². The van der Waals surface area contributed by atoms with Gasteiger partial charge in [0.1, 0.15) is 33.4 Å². The van der Waals surface area contributed by atoms with Crippen LogP contribution in [0.3, 0.4) is 0 Å². The molecular weight excluding hydrogens is 425 g/mol. The fourth-order valence-corrected chi connectivity index (χ4v) is 4.86. The third-order valence-corrected chi connectivity index (χ3v) is 7.80. The Kier molecular flexibility index (Phi) is 5.53. The van der Waals surface area contributed by atoms with Crippen LogP contribution < -0.4 is 11.1 Å². The number of amidine groups is 1. The Labute approximate surface area is 179 Å². The number of pyridine rings is 1. The molecule has 1 aromatic heterocycles. The number of nitrogens with zero attached hydrogens (tertiary/aromatic N) is 3. The number of carbonyl (C=O) groups excluding carboxylic acids is 1. The molecule has 0 bridgehead atoms. The lowest BCUT2D eigenvalue weighted by atomic mass is 9.91. The van der Waals surface area contributed by atoms with Gasteiger partial charge in [-0.05, 0) is 51.1 Å². The van der Waals surface area contributed by atoms with Crippen molar-refractivity contribution >= 4 is 27.5 Å². The van der Waals surface area contributed by atoms with Crippen LogP contribution in [0, 0.1) is 5.82 Å². The lowest BCUT2D eigenvalue weighted by Gasteiger charge is -2.29. The second kappa shape index (κ2) is 7.57. The molecule has 31 heavy (non-hydrogen) atoms. The Morgan fingerprint density at radius 2 is 1.94 bits per heavy atom. The van der Waals surface area contributed by atoms with Crippen molar-refractivity contribution in [3.8, 4) is 5.75 Å². The molecule has 11 heteroatoms. The second-order valence-corrected chi connectivity index (χ2v) is 10.7. The van der Waals surface area contributed by atoms with Crippen molar-refractivity contribution in [2.75, 3.05) is 18.9 Å². The van der Waals surface area contributed by atoms with E-state index in [4.69, 9.17) is 5.73 Å². The summed E-state index contributed by atoms with van der Waals surface area (Å²) in [4.78, 5) is 20.7. The van der Waals surface area contributed by atoms with E-state index in [1.165, 1.54) is 45.2 Å². The summed E-state index contributed by atoms with van der Waals surface area (Å²) < 4.78 is 40.2. The van der Waals surface area contributed by atoms with Crippen LogP contribution in [0.25, 0.3) is 0 Å². The summed E-state index contributed by atoms with van der Waals surface area (Å²) in [7, 11) is -2.44. The number of nitrogens with one attached hydrogen (secondary N) is 1. The van der Waals surface area contributed by atoms with E-state index < -0.39 is 32.0 Å². The van der Waals surface area contributed by atoms with E-state index in [9.17, 15) is 22.7 Å². The SMILES string of the molecule is CN1C[C@@](C)(c2cc(NC(=O)c3ccc(O)cn3)ccc2F)N=C(N)C(C)(C)S1(=O)=O. The van der Waals surface area contributed by atoms with Gasteiger partial charge in [-0.2, -0.15) is 0 Å². The lowest BCUT2D eigenvalue weighted by Crippen LogP contribution is -2.50. The monoisotopic (exact) mass is 449 g/mol. The zero-order chi connectivity index (χ0) is 23.2. The summed E-state index contributed by atoms with van der Waals surface area (Å²) >= 11 is 0. The van der Waals surface area contributed by atoms with E-state index in [0.717, 1.165) is 16.6 Å². The number of sulfonamides is 1. The average Bonchev–Trinajstić information content (AvgIpc) is 2.72. The fourth-order valence-electron chi connectivity index (χ4n) is 3.35. The maximum atomic E-state index is 14.8. The highest BCUT2D eigenvalue weighted by Crippen LogP contribution is 2.36. The summed E-state index contributed by atoms with van der Waals surface area (Å²) in [6.07, 6.45) is 1.13. The first-order chi connectivity index (χ1) is 14.3. The average molecular weight is 450 g/mol. The minimum Gasteiger partial charge on any atom is -0.506 e. The molecule has 1 aliphatic heterocycles. The molecule has 1 amide bonds. The Bertz CT molecular complexity index is 1160. The van der Waals surface area contributed by atoms with Crippen molar-refractivity contribution in [1.82, 2.24) is 9.29 Å². The molecule has 1 aliphatic rings. The van der Waals surface area contributed by atoms with Gasteiger partial charge < -0.3 is 16.2 Å². The molecule has 1 aromatic carbocycles. The highest BCUT2D eigenvalue weighted by molar-refractivity contribution is 7.91. The molecule has 2 heterocycles. The fraction of sp³-hybridized carbons (Fsp3) is 0.350. The number of aromatic hydroxyl groups is 1. The number of nitrogens with two attached hydrogens (primary N) is 1. The minimum atomic E-state index is -3.83. The number of halogens is 1. The van der Waals surface area contributed by atoms with Crippen molar-refractivity contribution < 1.29 is 22.7 Å². The number of hydrogen-bond donors (Lipinski definition) is 3. The molecule has 166 valence electrons. The van der Waals surface area contributed by atoms with Crippen molar-refractivity contribution in [2.45, 2.75) is 31.1 Å². The van der Waals surface area contributed by atoms with Crippen LogP contribution in [-0.2, 0) is 15.6 Å².